The lowest BCUT2D eigenvalue weighted by Gasteiger charge is -2.31. The van der Waals surface area contributed by atoms with Gasteiger partial charge in [-0.1, -0.05) is 19.8 Å². The summed E-state index contributed by atoms with van der Waals surface area (Å²) in [5.41, 5.74) is 0. The van der Waals surface area contributed by atoms with E-state index in [0.29, 0.717) is 24.8 Å². The fourth-order valence-corrected chi connectivity index (χ4v) is 4.77. The molecule has 3 unspecified atom stereocenters. The minimum atomic E-state index is 0. The third-order valence-corrected chi connectivity index (χ3v) is 6.12. The Kier molecular flexibility index (Phi) is 8.29. The lowest BCUT2D eigenvalue weighted by molar-refractivity contribution is -0.132. The van der Waals surface area contributed by atoms with E-state index in [2.05, 4.69) is 22.1 Å². The van der Waals surface area contributed by atoms with Crippen molar-refractivity contribution in [3.8, 4) is 0 Å². The Hall–Kier alpha value is -0.530. The van der Waals surface area contributed by atoms with Gasteiger partial charge in [0.2, 0.25) is 5.91 Å². The molecule has 0 bridgehead atoms. The van der Waals surface area contributed by atoms with Crippen LogP contribution in [0.2, 0.25) is 0 Å². The van der Waals surface area contributed by atoms with Crippen molar-refractivity contribution in [2.24, 2.45) is 22.7 Å². The highest BCUT2D eigenvalue weighted by molar-refractivity contribution is 14.0. The number of carbonyl (C=O) groups excluding carboxylic acids is 1. The van der Waals surface area contributed by atoms with Gasteiger partial charge in [-0.05, 0) is 43.4 Å². The van der Waals surface area contributed by atoms with Gasteiger partial charge in [0, 0.05) is 46.2 Å². The van der Waals surface area contributed by atoms with Crippen LogP contribution in [0.3, 0.4) is 0 Å². The summed E-state index contributed by atoms with van der Waals surface area (Å²) in [5.74, 6) is 3.64. The average molecular weight is 462 g/mol. The maximum absolute atomic E-state index is 12.4. The van der Waals surface area contributed by atoms with Gasteiger partial charge < -0.3 is 15.1 Å². The quantitative estimate of drug-likeness (QED) is 0.399. The van der Waals surface area contributed by atoms with Gasteiger partial charge in [0.25, 0.3) is 0 Å². The molecule has 1 saturated carbocycles. The van der Waals surface area contributed by atoms with Gasteiger partial charge in [-0.3, -0.25) is 9.79 Å². The molecule has 1 aliphatic carbocycles. The van der Waals surface area contributed by atoms with Gasteiger partial charge >= 0.3 is 0 Å². The monoisotopic (exact) mass is 462 g/mol. The van der Waals surface area contributed by atoms with Crippen LogP contribution in [0.5, 0.6) is 0 Å². The number of rotatable bonds is 3. The molecule has 2 aliphatic heterocycles. The zero-order valence-electron chi connectivity index (χ0n) is 15.9. The highest BCUT2D eigenvalue weighted by atomic mass is 127. The number of fused-ring (bicyclic) bond motifs is 1. The van der Waals surface area contributed by atoms with Crippen molar-refractivity contribution in [3.05, 3.63) is 0 Å². The highest BCUT2D eigenvalue weighted by Gasteiger charge is 2.35. The van der Waals surface area contributed by atoms with E-state index in [1.54, 1.807) is 0 Å². The van der Waals surface area contributed by atoms with Crippen molar-refractivity contribution >= 4 is 35.8 Å². The van der Waals surface area contributed by atoms with Crippen LogP contribution in [0.25, 0.3) is 0 Å². The molecular formula is C19H35IN4O. The van der Waals surface area contributed by atoms with E-state index in [1.807, 2.05) is 11.9 Å². The van der Waals surface area contributed by atoms with Gasteiger partial charge in [0.1, 0.15) is 0 Å². The van der Waals surface area contributed by atoms with Gasteiger partial charge in [0.05, 0.1) is 0 Å². The molecule has 2 heterocycles. The molecule has 5 nitrogen and oxygen atoms in total. The molecule has 2 saturated heterocycles. The fraction of sp³-hybridized carbons (Fsp3) is 0.895. The van der Waals surface area contributed by atoms with Crippen molar-refractivity contribution in [1.29, 1.82) is 0 Å². The molecule has 3 rings (SSSR count). The number of amides is 1. The van der Waals surface area contributed by atoms with Gasteiger partial charge in [-0.15, -0.1) is 24.0 Å². The van der Waals surface area contributed by atoms with Gasteiger partial charge in [-0.25, -0.2) is 0 Å². The first kappa shape index (κ1) is 20.8. The number of carbonyl (C=O) groups is 1. The van der Waals surface area contributed by atoms with Crippen molar-refractivity contribution < 1.29 is 4.79 Å². The van der Waals surface area contributed by atoms with E-state index in [4.69, 9.17) is 0 Å². The summed E-state index contributed by atoms with van der Waals surface area (Å²) in [7, 11) is 1.86. The van der Waals surface area contributed by atoms with E-state index in [9.17, 15) is 4.79 Å². The topological polar surface area (TPSA) is 47.9 Å². The second-order valence-corrected chi connectivity index (χ2v) is 8.02. The minimum Gasteiger partial charge on any atom is -0.356 e. The Morgan fingerprint density at radius 2 is 1.72 bits per heavy atom. The molecular weight excluding hydrogens is 427 g/mol. The molecule has 1 N–H and O–H groups in total. The first-order valence-electron chi connectivity index (χ1n) is 9.90. The fourth-order valence-electron chi connectivity index (χ4n) is 4.77. The molecule has 0 aromatic carbocycles. The zero-order valence-corrected chi connectivity index (χ0v) is 18.2. The molecule has 0 aromatic rings. The lowest BCUT2D eigenvalue weighted by atomic mass is 9.82. The van der Waals surface area contributed by atoms with Crippen LogP contribution < -0.4 is 5.32 Å². The summed E-state index contributed by atoms with van der Waals surface area (Å²) >= 11 is 0. The standard InChI is InChI=1S/C19H34N4O.HI/c1-15-6-5-11-22(12-15)18(24)9-10-21-19(20-2)23-13-16-7-3-4-8-17(16)14-23;/h15-17H,3-14H2,1-2H3,(H,20,21);1H. The van der Waals surface area contributed by atoms with Gasteiger partial charge in [-0.2, -0.15) is 0 Å². The van der Waals surface area contributed by atoms with Gasteiger partial charge in [0.15, 0.2) is 5.96 Å². The third-order valence-electron chi connectivity index (χ3n) is 6.12. The van der Waals surface area contributed by atoms with Crippen LogP contribution >= 0.6 is 24.0 Å². The Balaban J connectivity index is 0.00000225. The largest absolute Gasteiger partial charge is 0.356 e. The number of hydrogen-bond acceptors (Lipinski definition) is 2. The Bertz CT molecular complexity index is 456. The van der Waals surface area contributed by atoms with E-state index >= 15 is 0 Å². The Labute approximate surface area is 170 Å². The molecule has 25 heavy (non-hydrogen) atoms. The maximum Gasteiger partial charge on any atom is 0.224 e. The summed E-state index contributed by atoms with van der Waals surface area (Å²) in [6.07, 6.45) is 8.53. The minimum absolute atomic E-state index is 0. The number of nitrogens with zero attached hydrogens (tertiary/aromatic N) is 3. The summed E-state index contributed by atoms with van der Waals surface area (Å²) in [6, 6.07) is 0. The van der Waals surface area contributed by atoms with Crippen molar-refractivity contribution in [1.82, 2.24) is 15.1 Å². The number of guanidine groups is 1. The van der Waals surface area contributed by atoms with E-state index in [-0.39, 0.29) is 24.0 Å². The SMILES string of the molecule is CN=C(NCCC(=O)N1CCCC(C)C1)N1CC2CCCCC2C1.I. The third kappa shape index (κ3) is 5.47. The number of halogens is 1. The number of aliphatic imine (C=N–C) groups is 1. The predicted molar refractivity (Wildman–Crippen MR) is 113 cm³/mol. The highest BCUT2D eigenvalue weighted by Crippen LogP contribution is 2.35. The van der Waals surface area contributed by atoms with Crippen LogP contribution in [-0.2, 0) is 4.79 Å². The maximum atomic E-state index is 12.4. The predicted octanol–water partition coefficient (Wildman–Crippen LogP) is 2.95. The summed E-state index contributed by atoms with van der Waals surface area (Å²) < 4.78 is 0. The normalized spacial score (nSPS) is 29.8. The molecule has 6 heteroatoms. The molecule has 3 atom stereocenters. The lowest BCUT2D eigenvalue weighted by Crippen LogP contribution is -2.43. The number of piperidine rings is 1. The molecule has 3 fully saturated rings. The molecule has 1 amide bonds. The van der Waals surface area contributed by atoms with E-state index in [0.717, 1.165) is 50.4 Å². The second-order valence-electron chi connectivity index (χ2n) is 8.02. The molecule has 144 valence electrons. The molecule has 3 aliphatic rings. The summed E-state index contributed by atoms with van der Waals surface area (Å²) in [6.45, 7) is 7.09. The zero-order chi connectivity index (χ0) is 16.9. The summed E-state index contributed by atoms with van der Waals surface area (Å²) in [5, 5.41) is 3.43. The summed E-state index contributed by atoms with van der Waals surface area (Å²) in [4.78, 5) is 21.3. The number of nitrogens with one attached hydrogen (secondary N) is 1. The van der Waals surface area contributed by atoms with Crippen molar-refractivity contribution in [2.75, 3.05) is 39.8 Å². The van der Waals surface area contributed by atoms with Crippen molar-refractivity contribution in [2.45, 2.75) is 51.9 Å². The van der Waals surface area contributed by atoms with Crippen LogP contribution in [-0.4, -0.2) is 61.4 Å². The van der Waals surface area contributed by atoms with Crippen molar-refractivity contribution in [3.63, 3.8) is 0 Å². The number of hydrogen-bond donors (Lipinski definition) is 1. The Morgan fingerprint density at radius 3 is 2.32 bits per heavy atom. The Morgan fingerprint density at radius 1 is 1.04 bits per heavy atom. The van der Waals surface area contributed by atoms with Crippen LogP contribution in [0, 0.1) is 17.8 Å². The molecule has 0 radical (unpaired) electrons. The van der Waals surface area contributed by atoms with Crippen LogP contribution in [0.1, 0.15) is 51.9 Å². The first-order chi connectivity index (χ1) is 11.7. The van der Waals surface area contributed by atoms with Crippen LogP contribution in [0.4, 0.5) is 0 Å². The van der Waals surface area contributed by atoms with E-state index in [1.165, 1.54) is 32.1 Å². The number of likely N-dealkylation sites (tertiary alicyclic amines) is 2. The molecule has 0 aromatic heterocycles. The first-order valence-corrected chi connectivity index (χ1v) is 9.90. The van der Waals surface area contributed by atoms with E-state index < -0.39 is 0 Å². The van der Waals surface area contributed by atoms with Crippen LogP contribution in [0.15, 0.2) is 4.99 Å². The molecule has 0 spiro atoms. The smallest absolute Gasteiger partial charge is 0.224 e. The second kappa shape index (κ2) is 9.97. The average Bonchev–Trinajstić information content (AvgIpc) is 3.02.